The van der Waals surface area contributed by atoms with E-state index in [2.05, 4.69) is 0 Å². The monoisotopic (exact) mass is 376 g/mol. The highest BCUT2D eigenvalue weighted by Gasteiger charge is 2.34. The number of fused-ring (bicyclic) bond motifs is 2. The Morgan fingerprint density at radius 2 is 1.56 bits per heavy atom. The van der Waals surface area contributed by atoms with Crippen LogP contribution in [-0.2, 0) is 15.3 Å². The summed E-state index contributed by atoms with van der Waals surface area (Å²) in [5, 5.41) is 1.52. The van der Waals surface area contributed by atoms with Crippen LogP contribution in [0.15, 0.2) is 71.5 Å². The Balaban J connectivity index is 2.00. The van der Waals surface area contributed by atoms with E-state index in [4.69, 9.17) is 9.47 Å². The van der Waals surface area contributed by atoms with Crippen molar-refractivity contribution in [2.24, 2.45) is 0 Å². The number of aryl methyl sites for hydroxylation is 1. The van der Waals surface area contributed by atoms with Gasteiger partial charge in [-0.05, 0) is 30.7 Å². The molecule has 0 saturated heterocycles. The van der Waals surface area contributed by atoms with Crippen LogP contribution in [0.4, 0.5) is 0 Å². The van der Waals surface area contributed by atoms with Gasteiger partial charge in [-0.1, -0.05) is 48.5 Å². The average molecular weight is 376 g/mol. The van der Waals surface area contributed by atoms with Crippen molar-refractivity contribution < 1.29 is 9.47 Å². The van der Waals surface area contributed by atoms with Gasteiger partial charge in [0.15, 0.2) is 5.43 Å². The first-order chi connectivity index (χ1) is 13.1. The van der Waals surface area contributed by atoms with Gasteiger partial charge in [-0.15, -0.1) is 11.3 Å². The minimum atomic E-state index is -1.02. The Labute approximate surface area is 161 Å². The summed E-state index contributed by atoms with van der Waals surface area (Å²) in [4.78, 5) is 13.0. The third kappa shape index (κ3) is 2.77. The van der Waals surface area contributed by atoms with Crippen molar-refractivity contribution >= 4 is 31.5 Å². The quantitative estimate of drug-likeness (QED) is 0.362. The van der Waals surface area contributed by atoms with Crippen molar-refractivity contribution in [2.45, 2.75) is 12.7 Å². The van der Waals surface area contributed by atoms with Crippen LogP contribution in [0.3, 0.4) is 0 Å². The van der Waals surface area contributed by atoms with Gasteiger partial charge in [-0.3, -0.25) is 4.79 Å². The molecule has 0 amide bonds. The highest BCUT2D eigenvalue weighted by molar-refractivity contribution is 7.24. The second-order valence-corrected chi connectivity index (χ2v) is 7.56. The predicted molar refractivity (Wildman–Crippen MR) is 112 cm³/mol. The molecule has 0 saturated carbocycles. The lowest BCUT2D eigenvalue weighted by Gasteiger charge is -2.32. The van der Waals surface area contributed by atoms with Gasteiger partial charge in [-0.2, -0.15) is 0 Å². The Hall–Kier alpha value is -2.53. The van der Waals surface area contributed by atoms with E-state index in [1.165, 1.54) is 0 Å². The standard InChI is InChI=1S/C23H20O3S/c1-15-8-7-11-19-21(15)22(24)18-13-12-17(14-20(18)27-19)23(25-2,26-3)16-9-5-4-6-10-16/h4-14H,1-3H3. The van der Waals surface area contributed by atoms with Crippen molar-refractivity contribution in [3.8, 4) is 0 Å². The van der Waals surface area contributed by atoms with Crippen molar-refractivity contribution in [1.29, 1.82) is 0 Å². The van der Waals surface area contributed by atoms with Crippen molar-refractivity contribution in [3.63, 3.8) is 0 Å². The molecule has 3 nitrogen and oxygen atoms in total. The van der Waals surface area contributed by atoms with E-state index in [1.54, 1.807) is 25.6 Å². The van der Waals surface area contributed by atoms with Crippen LogP contribution in [0, 0.1) is 6.92 Å². The molecule has 136 valence electrons. The summed E-state index contributed by atoms with van der Waals surface area (Å²) < 4.78 is 13.6. The highest BCUT2D eigenvalue weighted by Crippen LogP contribution is 2.36. The van der Waals surface area contributed by atoms with Gasteiger partial charge >= 0.3 is 0 Å². The summed E-state index contributed by atoms with van der Waals surface area (Å²) >= 11 is 1.61. The Morgan fingerprint density at radius 3 is 2.26 bits per heavy atom. The second-order valence-electron chi connectivity index (χ2n) is 6.48. The zero-order valence-electron chi connectivity index (χ0n) is 15.5. The smallest absolute Gasteiger partial charge is 0.221 e. The zero-order valence-corrected chi connectivity index (χ0v) is 16.3. The topological polar surface area (TPSA) is 35.5 Å². The maximum Gasteiger partial charge on any atom is 0.221 e. The first-order valence-corrected chi connectivity index (χ1v) is 9.55. The molecule has 0 spiro atoms. The molecular formula is C23H20O3S. The number of hydrogen-bond donors (Lipinski definition) is 0. The van der Waals surface area contributed by atoms with E-state index < -0.39 is 5.79 Å². The highest BCUT2D eigenvalue weighted by atomic mass is 32.1. The molecule has 0 N–H and O–H groups in total. The predicted octanol–water partition coefficient (Wildman–Crippen LogP) is 5.22. The van der Waals surface area contributed by atoms with Gasteiger partial charge in [0, 0.05) is 45.5 Å². The van der Waals surface area contributed by atoms with Crippen molar-refractivity contribution in [3.05, 3.63) is 93.6 Å². The Morgan fingerprint density at radius 1 is 0.815 bits per heavy atom. The molecular weight excluding hydrogens is 356 g/mol. The SMILES string of the molecule is COC(OC)(c1ccccc1)c1ccc2c(=O)c3c(C)cccc3sc2c1. The molecule has 0 bridgehead atoms. The molecule has 3 aromatic carbocycles. The minimum Gasteiger partial charge on any atom is -0.346 e. The molecule has 0 aliphatic heterocycles. The largest absolute Gasteiger partial charge is 0.346 e. The van der Waals surface area contributed by atoms with Crippen LogP contribution in [0.25, 0.3) is 20.2 Å². The summed E-state index contributed by atoms with van der Waals surface area (Å²) in [6.07, 6.45) is 0. The maximum absolute atomic E-state index is 13.0. The third-order valence-corrected chi connectivity index (χ3v) is 6.13. The lowest BCUT2D eigenvalue weighted by Crippen LogP contribution is -2.32. The lowest BCUT2D eigenvalue weighted by atomic mass is 9.96. The van der Waals surface area contributed by atoms with Gasteiger partial charge < -0.3 is 9.47 Å². The van der Waals surface area contributed by atoms with Gasteiger partial charge in [0.2, 0.25) is 5.79 Å². The number of hydrogen-bond acceptors (Lipinski definition) is 4. The van der Waals surface area contributed by atoms with E-state index in [1.807, 2.05) is 73.7 Å². The zero-order chi connectivity index (χ0) is 19.0. The van der Waals surface area contributed by atoms with E-state index in [0.717, 1.165) is 36.9 Å². The molecule has 0 unspecified atom stereocenters. The van der Waals surface area contributed by atoms with E-state index in [9.17, 15) is 4.79 Å². The summed E-state index contributed by atoms with van der Waals surface area (Å²) in [6.45, 7) is 1.98. The van der Waals surface area contributed by atoms with Crippen LogP contribution in [-0.4, -0.2) is 14.2 Å². The summed E-state index contributed by atoms with van der Waals surface area (Å²) in [5.74, 6) is -1.02. The first-order valence-electron chi connectivity index (χ1n) is 8.73. The number of ether oxygens (including phenoxy) is 2. The summed E-state index contributed by atoms with van der Waals surface area (Å²) in [5.41, 5.74) is 2.84. The first kappa shape index (κ1) is 17.9. The van der Waals surface area contributed by atoms with Gasteiger partial charge in [0.05, 0.1) is 0 Å². The van der Waals surface area contributed by atoms with Crippen LogP contribution < -0.4 is 5.43 Å². The Bertz CT molecular complexity index is 1170. The van der Waals surface area contributed by atoms with Gasteiger partial charge in [0.1, 0.15) is 0 Å². The number of methoxy groups -OCH3 is 2. The fourth-order valence-electron chi connectivity index (χ4n) is 3.65. The van der Waals surface area contributed by atoms with Crippen molar-refractivity contribution in [2.75, 3.05) is 14.2 Å². The lowest BCUT2D eigenvalue weighted by molar-refractivity contribution is -0.183. The molecule has 0 atom stereocenters. The van der Waals surface area contributed by atoms with E-state index in [-0.39, 0.29) is 5.43 Å². The Kier molecular flexibility index (Phi) is 4.56. The number of rotatable bonds is 4. The molecule has 27 heavy (non-hydrogen) atoms. The van der Waals surface area contributed by atoms with Gasteiger partial charge in [0.25, 0.3) is 0 Å². The molecule has 1 heterocycles. The molecule has 0 aliphatic rings. The van der Waals surface area contributed by atoms with Crippen LogP contribution in [0.5, 0.6) is 0 Å². The van der Waals surface area contributed by atoms with Crippen LogP contribution in [0.1, 0.15) is 16.7 Å². The molecule has 1 aromatic heterocycles. The number of benzene rings is 3. The van der Waals surface area contributed by atoms with Crippen molar-refractivity contribution in [1.82, 2.24) is 0 Å². The fourth-order valence-corrected chi connectivity index (χ4v) is 4.84. The van der Waals surface area contributed by atoms with Gasteiger partial charge in [-0.25, -0.2) is 0 Å². The van der Waals surface area contributed by atoms with E-state index in [0.29, 0.717) is 0 Å². The normalized spacial score (nSPS) is 12.0. The average Bonchev–Trinajstić information content (AvgIpc) is 2.70. The summed E-state index contributed by atoms with van der Waals surface area (Å²) in [7, 11) is 3.26. The minimum absolute atomic E-state index is 0.0727. The van der Waals surface area contributed by atoms with E-state index >= 15 is 0 Å². The molecule has 4 rings (SSSR count). The summed E-state index contributed by atoms with van der Waals surface area (Å²) in [6, 6.07) is 21.6. The molecule has 4 aromatic rings. The molecule has 4 heteroatoms. The van der Waals surface area contributed by atoms with Crippen LogP contribution >= 0.6 is 11.3 Å². The molecule has 0 fully saturated rings. The molecule has 0 radical (unpaired) electrons. The molecule has 0 aliphatic carbocycles. The second kappa shape index (κ2) is 6.89. The third-order valence-electron chi connectivity index (χ3n) is 5.02. The maximum atomic E-state index is 13.0. The van der Waals surface area contributed by atoms with Crippen LogP contribution in [0.2, 0.25) is 0 Å². The fraction of sp³-hybridized carbons (Fsp3) is 0.174.